The van der Waals surface area contributed by atoms with Crippen LogP contribution in [0.5, 0.6) is 5.75 Å². The maximum Gasteiger partial charge on any atom is 0.296 e. The van der Waals surface area contributed by atoms with E-state index in [4.69, 9.17) is 17.0 Å². The number of benzene rings is 3. The zero-order valence-electron chi connectivity index (χ0n) is 25.0. The molecule has 3 heterocycles. The summed E-state index contributed by atoms with van der Waals surface area (Å²) in [6.07, 6.45) is 1.74. The molecule has 0 unspecified atom stereocenters. The number of aryl methyl sites for hydroxylation is 1. The van der Waals surface area contributed by atoms with E-state index in [1.165, 1.54) is 37.1 Å². The minimum atomic E-state index is -0.416. The summed E-state index contributed by atoms with van der Waals surface area (Å²) in [5.74, 6) is 0.403. The van der Waals surface area contributed by atoms with Crippen molar-refractivity contribution in [2.75, 3.05) is 12.0 Å². The van der Waals surface area contributed by atoms with E-state index in [1.54, 1.807) is 30.5 Å². The van der Waals surface area contributed by atoms with Crippen LogP contribution in [0.15, 0.2) is 107 Å². The molecule has 5 aromatic rings. The molecule has 46 heavy (non-hydrogen) atoms. The summed E-state index contributed by atoms with van der Waals surface area (Å²) in [5, 5.41) is 27.1. The van der Waals surface area contributed by atoms with Crippen LogP contribution in [0.1, 0.15) is 34.7 Å². The van der Waals surface area contributed by atoms with Crippen molar-refractivity contribution in [3.05, 3.63) is 140 Å². The van der Waals surface area contributed by atoms with E-state index in [0.29, 0.717) is 16.5 Å². The second-order valence-electron chi connectivity index (χ2n) is 10.6. The standard InChI is InChI=1S/C33H28N6O5S2/c1-20-18-27(21(2)36(20)29-16-11-24(44-3)19-30(29)39(42)43)32-31(28-6-4-5-17-34-28)35-33(45)37(32)22-7-12-25(13-8-22)46-26-14-9-23(10-15-26)38(40)41/h4-19,31-32H,1-3H3,(H,35,45)/t31-,32+/m0/s1. The highest BCUT2D eigenvalue weighted by Gasteiger charge is 2.42. The zero-order chi connectivity index (χ0) is 32.5. The van der Waals surface area contributed by atoms with Gasteiger partial charge in [0, 0.05) is 45.2 Å². The number of ether oxygens (including phenoxy) is 1. The van der Waals surface area contributed by atoms with Gasteiger partial charge in [-0.3, -0.25) is 25.2 Å². The van der Waals surface area contributed by atoms with Gasteiger partial charge in [0.1, 0.15) is 11.4 Å². The molecule has 11 nitrogen and oxygen atoms in total. The number of nitrogens with one attached hydrogen (secondary N) is 1. The molecule has 0 saturated carbocycles. The molecule has 1 saturated heterocycles. The van der Waals surface area contributed by atoms with E-state index in [0.717, 1.165) is 38.1 Å². The van der Waals surface area contributed by atoms with Gasteiger partial charge in [0.15, 0.2) is 5.11 Å². The van der Waals surface area contributed by atoms with Crippen molar-refractivity contribution in [2.24, 2.45) is 0 Å². The molecule has 0 spiro atoms. The monoisotopic (exact) mass is 652 g/mol. The fourth-order valence-electron chi connectivity index (χ4n) is 5.82. The lowest BCUT2D eigenvalue weighted by molar-refractivity contribution is -0.385. The van der Waals surface area contributed by atoms with E-state index < -0.39 is 9.85 Å². The molecule has 2 atom stereocenters. The van der Waals surface area contributed by atoms with Crippen molar-refractivity contribution in [2.45, 2.75) is 35.7 Å². The predicted molar refractivity (Wildman–Crippen MR) is 180 cm³/mol. The molecule has 2 aromatic heterocycles. The van der Waals surface area contributed by atoms with Gasteiger partial charge in [-0.25, -0.2) is 0 Å². The quantitative estimate of drug-likeness (QED) is 0.0963. The zero-order valence-corrected chi connectivity index (χ0v) is 26.6. The summed E-state index contributed by atoms with van der Waals surface area (Å²) in [5.41, 5.74) is 4.68. The first kappa shape index (κ1) is 30.7. The highest BCUT2D eigenvalue weighted by Crippen LogP contribution is 2.45. The molecule has 1 aliphatic rings. The normalized spacial score (nSPS) is 15.9. The number of nitro groups is 2. The molecule has 1 fully saturated rings. The Morgan fingerprint density at radius 3 is 2.22 bits per heavy atom. The fourth-order valence-corrected chi connectivity index (χ4v) is 6.98. The van der Waals surface area contributed by atoms with Crippen LogP contribution in [0.2, 0.25) is 0 Å². The summed E-state index contributed by atoms with van der Waals surface area (Å²) in [6.45, 7) is 3.88. The molecule has 1 N–H and O–H groups in total. The van der Waals surface area contributed by atoms with Crippen LogP contribution in [0.3, 0.4) is 0 Å². The Bertz CT molecular complexity index is 1950. The SMILES string of the molecule is COc1ccc(-n2c(C)cc([C@@H]3[C@H](c4ccccn4)NC(=S)N3c3ccc(Sc4ccc([N+](=O)[O-])cc4)cc3)c2C)c([N+](=O)[O-])c1. The van der Waals surface area contributed by atoms with Crippen molar-refractivity contribution in [3.8, 4) is 11.4 Å². The van der Waals surface area contributed by atoms with Crippen LogP contribution >= 0.6 is 24.0 Å². The number of hydrogen-bond acceptors (Lipinski definition) is 8. The van der Waals surface area contributed by atoms with Gasteiger partial charge in [-0.2, -0.15) is 0 Å². The van der Waals surface area contributed by atoms with Crippen molar-refractivity contribution < 1.29 is 14.6 Å². The predicted octanol–water partition coefficient (Wildman–Crippen LogP) is 7.64. The first-order chi connectivity index (χ1) is 22.2. The van der Waals surface area contributed by atoms with Crippen molar-refractivity contribution in [1.82, 2.24) is 14.9 Å². The van der Waals surface area contributed by atoms with Crippen molar-refractivity contribution in [1.29, 1.82) is 0 Å². The van der Waals surface area contributed by atoms with Crippen LogP contribution in [-0.2, 0) is 0 Å². The van der Waals surface area contributed by atoms with E-state index in [2.05, 4.69) is 15.2 Å². The first-order valence-electron chi connectivity index (χ1n) is 14.2. The minimum absolute atomic E-state index is 0.0456. The van der Waals surface area contributed by atoms with E-state index in [9.17, 15) is 20.2 Å². The number of hydrogen-bond donors (Lipinski definition) is 1. The molecule has 0 radical (unpaired) electrons. The smallest absolute Gasteiger partial charge is 0.296 e. The number of aromatic nitrogens is 2. The van der Waals surface area contributed by atoms with E-state index in [-0.39, 0.29) is 23.5 Å². The van der Waals surface area contributed by atoms with E-state index in [1.807, 2.05) is 66.9 Å². The van der Waals surface area contributed by atoms with Crippen LogP contribution in [0.4, 0.5) is 17.1 Å². The molecule has 1 aliphatic heterocycles. The summed E-state index contributed by atoms with van der Waals surface area (Å²) in [4.78, 5) is 30.9. The Balaban J connectivity index is 1.40. The molecule has 13 heteroatoms. The number of thiocarbonyl (C=S) groups is 1. The molecule has 0 bridgehead atoms. The van der Waals surface area contributed by atoms with Crippen molar-refractivity contribution in [3.63, 3.8) is 0 Å². The van der Waals surface area contributed by atoms with Gasteiger partial charge in [-0.05, 0) is 98.4 Å². The lowest BCUT2D eigenvalue weighted by Gasteiger charge is -2.28. The average molecular weight is 653 g/mol. The maximum absolute atomic E-state index is 12.1. The van der Waals surface area contributed by atoms with Crippen LogP contribution in [0.25, 0.3) is 5.69 Å². The van der Waals surface area contributed by atoms with Gasteiger partial charge in [0.05, 0.1) is 40.8 Å². The highest BCUT2D eigenvalue weighted by molar-refractivity contribution is 7.99. The summed E-state index contributed by atoms with van der Waals surface area (Å²) in [6, 6.07) is 26.4. The highest BCUT2D eigenvalue weighted by atomic mass is 32.2. The summed E-state index contributed by atoms with van der Waals surface area (Å²) < 4.78 is 7.15. The van der Waals surface area contributed by atoms with Gasteiger partial charge >= 0.3 is 0 Å². The number of non-ortho nitro benzene ring substituents is 1. The number of rotatable bonds is 9. The third-order valence-electron chi connectivity index (χ3n) is 7.91. The van der Waals surface area contributed by atoms with Gasteiger partial charge < -0.3 is 19.5 Å². The topological polar surface area (TPSA) is 129 Å². The molecule has 232 valence electrons. The molecule has 0 amide bonds. The lowest BCUT2D eigenvalue weighted by Crippen LogP contribution is -2.29. The largest absolute Gasteiger partial charge is 0.496 e. The van der Waals surface area contributed by atoms with Gasteiger partial charge in [-0.15, -0.1) is 0 Å². The lowest BCUT2D eigenvalue weighted by atomic mass is 9.96. The third kappa shape index (κ3) is 5.77. The second kappa shape index (κ2) is 12.6. The average Bonchev–Trinajstić information content (AvgIpc) is 3.56. The number of methoxy groups -OCH3 is 1. The second-order valence-corrected chi connectivity index (χ2v) is 12.2. The Hall–Kier alpha value is -5.27. The van der Waals surface area contributed by atoms with Crippen LogP contribution in [-0.4, -0.2) is 31.6 Å². The summed E-state index contributed by atoms with van der Waals surface area (Å²) in [7, 11) is 1.48. The molecule has 0 aliphatic carbocycles. The Kier molecular flexibility index (Phi) is 8.43. The Morgan fingerprint density at radius 1 is 0.913 bits per heavy atom. The van der Waals surface area contributed by atoms with E-state index >= 15 is 0 Å². The number of anilines is 1. The molecule has 3 aromatic carbocycles. The fraction of sp³-hybridized carbons (Fsp3) is 0.152. The molecule has 6 rings (SSSR count). The summed E-state index contributed by atoms with van der Waals surface area (Å²) >= 11 is 7.42. The Morgan fingerprint density at radius 2 is 1.61 bits per heavy atom. The van der Waals surface area contributed by atoms with Crippen molar-refractivity contribution >= 4 is 46.2 Å². The number of pyridine rings is 1. The molecular weight excluding hydrogens is 625 g/mol. The van der Waals surface area contributed by atoms with Gasteiger partial charge in [-0.1, -0.05) is 17.8 Å². The minimum Gasteiger partial charge on any atom is -0.496 e. The Labute approximate surface area is 274 Å². The third-order valence-corrected chi connectivity index (χ3v) is 9.24. The molecular formula is C33H28N6O5S2. The number of nitrogens with zero attached hydrogens (tertiary/aromatic N) is 5. The van der Waals surface area contributed by atoms with Gasteiger partial charge in [0.2, 0.25) is 0 Å². The number of nitro benzene ring substituents is 2. The van der Waals surface area contributed by atoms with Crippen LogP contribution in [0, 0.1) is 34.1 Å². The first-order valence-corrected chi connectivity index (χ1v) is 15.4. The van der Waals surface area contributed by atoms with Gasteiger partial charge in [0.25, 0.3) is 11.4 Å². The maximum atomic E-state index is 12.1. The van der Waals surface area contributed by atoms with Crippen LogP contribution < -0.4 is 15.0 Å².